The standard InChI is InChI=1S/C40H49N5O6/c1-50-29-18-19-31-34(23-29)42-33(27-14-9-6-10-15-27)25-36(31)51-30-24-35-39(48)43-32(38(41)47)17-11-5-3-2-4-8-16-28(40(49)45(35)26-30)22-37(46)44-20-12-7-13-21-44/h5-6,9-11,14-15,18-19,23,25,28,30,32,35H,2-4,7-8,12-13,16-17,20-22,24,26H2,1H3,(H2,41,47)(H,43,48)/b11-5-/t28-,30-,32+,35+/m1/s1. The number of amides is 4. The van der Waals surface area contributed by atoms with Crippen molar-refractivity contribution in [3.63, 3.8) is 0 Å². The van der Waals surface area contributed by atoms with E-state index < -0.39 is 35.9 Å². The van der Waals surface area contributed by atoms with Crippen molar-refractivity contribution >= 4 is 34.5 Å². The molecular formula is C40H49N5O6. The Hall–Kier alpha value is -4.93. The number of carbonyl (C=O) groups excluding carboxylic acids is 4. The van der Waals surface area contributed by atoms with Gasteiger partial charge in [0.05, 0.1) is 24.9 Å². The highest BCUT2D eigenvalue weighted by Gasteiger charge is 2.44. The minimum absolute atomic E-state index is 0.0113. The predicted octanol–water partition coefficient (Wildman–Crippen LogP) is 5.16. The van der Waals surface area contributed by atoms with Crippen molar-refractivity contribution in [2.75, 3.05) is 26.7 Å². The molecule has 4 amide bonds. The number of nitrogens with one attached hydrogen (secondary N) is 1. The summed E-state index contributed by atoms with van der Waals surface area (Å²) in [5, 5.41) is 3.59. The number of likely N-dealkylation sites (tertiary alicyclic amines) is 1. The van der Waals surface area contributed by atoms with Crippen molar-refractivity contribution in [2.45, 2.75) is 88.8 Å². The van der Waals surface area contributed by atoms with E-state index in [2.05, 4.69) is 5.32 Å². The number of nitrogens with two attached hydrogens (primary N) is 1. The first kappa shape index (κ1) is 35.9. The molecule has 3 N–H and O–H groups in total. The van der Waals surface area contributed by atoms with Crippen molar-refractivity contribution in [1.29, 1.82) is 0 Å². The van der Waals surface area contributed by atoms with Crippen LogP contribution in [0.1, 0.15) is 70.6 Å². The van der Waals surface area contributed by atoms with Crippen molar-refractivity contribution in [3.05, 3.63) is 66.7 Å². The molecule has 2 aromatic carbocycles. The molecule has 3 aliphatic heterocycles. The first-order valence-corrected chi connectivity index (χ1v) is 18.3. The molecular weight excluding hydrogens is 646 g/mol. The lowest BCUT2D eigenvalue weighted by molar-refractivity contribution is -0.145. The number of piperidine rings is 1. The first-order valence-electron chi connectivity index (χ1n) is 18.3. The van der Waals surface area contributed by atoms with Crippen LogP contribution < -0.4 is 20.5 Å². The molecule has 2 fully saturated rings. The van der Waals surface area contributed by atoms with E-state index in [0.717, 1.165) is 55.9 Å². The van der Waals surface area contributed by atoms with E-state index in [4.69, 9.17) is 20.2 Å². The van der Waals surface area contributed by atoms with Crippen LogP contribution >= 0.6 is 0 Å². The third-order valence-corrected chi connectivity index (χ3v) is 10.3. The van der Waals surface area contributed by atoms with Gasteiger partial charge in [0.2, 0.25) is 23.6 Å². The minimum Gasteiger partial charge on any atom is -0.497 e. The van der Waals surface area contributed by atoms with Gasteiger partial charge in [0.25, 0.3) is 0 Å². The van der Waals surface area contributed by atoms with E-state index >= 15 is 0 Å². The van der Waals surface area contributed by atoms with E-state index in [1.165, 1.54) is 0 Å². The summed E-state index contributed by atoms with van der Waals surface area (Å²) in [5.74, 6) is -0.689. The highest BCUT2D eigenvalue weighted by atomic mass is 16.5. The molecule has 4 heterocycles. The Kier molecular flexibility index (Phi) is 11.9. The molecule has 0 unspecified atom stereocenters. The summed E-state index contributed by atoms with van der Waals surface area (Å²) < 4.78 is 12.2. The summed E-state index contributed by atoms with van der Waals surface area (Å²) in [6, 6.07) is 15.4. The molecule has 11 nitrogen and oxygen atoms in total. The Balaban J connectivity index is 1.32. The highest BCUT2D eigenvalue weighted by molar-refractivity contribution is 5.94. The Bertz CT molecular complexity index is 1740. The van der Waals surface area contributed by atoms with Crippen LogP contribution in [0.4, 0.5) is 0 Å². The largest absolute Gasteiger partial charge is 0.497 e. The summed E-state index contributed by atoms with van der Waals surface area (Å²) in [7, 11) is 1.60. The number of nitrogens with zero attached hydrogens (tertiary/aromatic N) is 3. The second-order valence-corrected chi connectivity index (χ2v) is 13.9. The fraction of sp³-hybridized carbons (Fsp3) is 0.475. The molecule has 270 valence electrons. The molecule has 3 aliphatic rings. The second-order valence-electron chi connectivity index (χ2n) is 13.9. The van der Waals surface area contributed by atoms with Gasteiger partial charge >= 0.3 is 0 Å². The van der Waals surface area contributed by atoms with Gasteiger partial charge in [0.1, 0.15) is 29.7 Å². The molecule has 6 rings (SSSR count). The summed E-state index contributed by atoms with van der Waals surface area (Å²) in [4.78, 5) is 62.8. The molecule has 0 saturated carbocycles. The lowest BCUT2D eigenvalue weighted by Gasteiger charge is -2.31. The summed E-state index contributed by atoms with van der Waals surface area (Å²) in [5.41, 5.74) is 8.02. The maximum atomic E-state index is 14.6. The van der Waals surface area contributed by atoms with Crippen LogP contribution in [0.2, 0.25) is 0 Å². The van der Waals surface area contributed by atoms with Gasteiger partial charge in [0, 0.05) is 54.9 Å². The number of aromatic nitrogens is 1. The fourth-order valence-corrected chi connectivity index (χ4v) is 7.44. The minimum atomic E-state index is -0.917. The van der Waals surface area contributed by atoms with Crippen LogP contribution in [0, 0.1) is 5.92 Å². The number of primary amides is 1. The quantitative estimate of drug-likeness (QED) is 0.325. The summed E-state index contributed by atoms with van der Waals surface area (Å²) in [6.45, 7) is 1.57. The lowest BCUT2D eigenvalue weighted by Crippen LogP contribution is -2.53. The van der Waals surface area contributed by atoms with Crippen molar-refractivity contribution in [1.82, 2.24) is 20.1 Å². The van der Waals surface area contributed by atoms with Gasteiger partial charge in [0.15, 0.2) is 0 Å². The summed E-state index contributed by atoms with van der Waals surface area (Å²) in [6.07, 6.45) is 10.9. The lowest BCUT2D eigenvalue weighted by atomic mass is 9.94. The normalized spacial score (nSPS) is 24.2. The zero-order chi connectivity index (χ0) is 35.7. The van der Waals surface area contributed by atoms with Gasteiger partial charge in [-0.15, -0.1) is 0 Å². The number of hydrogen-bond donors (Lipinski definition) is 2. The monoisotopic (exact) mass is 695 g/mol. The van der Waals surface area contributed by atoms with E-state index in [1.54, 1.807) is 12.0 Å². The molecule has 0 radical (unpaired) electrons. The molecule has 3 aromatic rings. The third-order valence-electron chi connectivity index (χ3n) is 10.3. The maximum Gasteiger partial charge on any atom is 0.243 e. The number of hydrogen-bond acceptors (Lipinski definition) is 7. The molecule has 1 aromatic heterocycles. The van der Waals surface area contributed by atoms with Crippen molar-refractivity contribution < 1.29 is 28.7 Å². The van der Waals surface area contributed by atoms with Gasteiger partial charge in [-0.2, -0.15) is 0 Å². The number of rotatable bonds is 7. The SMILES string of the molecule is COc1ccc2c(O[C@@H]3C[C@H]4C(=O)N[C@H](C(N)=O)C/C=C\CCCCC[C@H](CC(=O)N5CCCCC5)C(=O)N4C3)cc(-c3ccccc3)nc2c1. The smallest absolute Gasteiger partial charge is 0.243 e. The Labute approximate surface area is 299 Å². The van der Waals surface area contributed by atoms with Crippen LogP contribution in [0.5, 0.6) is 11.5 Å². The number of pyridine rings is 1. The van der Waals surface area contributed by atoms with Gasteiger partial charge in [-0.25, -0.2) is 4.98 Å². The Morgan fingerprint density at radius 2 is 1.75 bits per heavy atom. The number of allylic oxidation sites excluding steroid dienone is 1. The van der Waals surface area contributed by atoms with E-state index in [1.807, 2.05) is 71.6 Å². The number of benzene rings is 2. The van der Waals surface area contributed by atoms with Crippen LogP contribution in [0.25, 0.3) is 22.2 Å². The number of fused-ring (bicyclic) bond motifs is 2. The van der Waals surface area contributed by atoms with Crippen LogP contribution in [0.15, 0.2) is 66.7 Å². The Morgan fingerprint density at radius 1 is 0.961 bits per heavy atom. The number of ether oxygens (including phenoxy) is 2. The fourth-order valence-electron chi connectivity index (χ4n) is 7.44. The predicted molar refractivity (Wildman–Crippen MR) is 195 cm³/mol. The van der Waals surface area contributed by atoms with Gasteiger partial charge in [-0.1, -0.05) is 55.3 Å². The van der Waals surface area contributed by atoms with Gasteiger partial charge < -0.3 is 30.3 Å². The zero-order valence-corrected chi connectivity index (χ0v) is 29.4. The average Bonchev–Trinajstić information content (AvgIpc) is 3.58. The molecule has 2 saturated heterocycles. The van der Waals surface area contributed by atoms with E-state index in [0.29, 0.717) is 42.2 Å². The topological polar surface area (TPSA) is 144 Å². The highest BCUT2D eigenvalue weighted by Crippen LogP contribution is 2.35. The Morgan fingerprint density at radius 3 is 2.51 bits per heavy atom. The van der Waals surface area contributed by atoms with Crippen LogP contribution in [-0.2, 0) is 19.2 Å². The molecule has 4 atom stereocenters. The number of methoxy groups -OCH3 is 1. The zero-order valence-electron chi connectivity index (χ0n) is 29.4. The van der Waals surface area contributed by atoms with E-state index in [-0.39, 0.29) is 37.6 Å². The van der Waals surface area contributed by atoms with E-state index in [9.17, 15) is 19.2 Å². The molecule has 0 aliphatic carbocycles. The summed E-state index contributed by atoms with van der Waals surface area (Å²) >= 11 is 0. The van der Waals surface area contributed by atoms with Gasteiger partial charge in [-0.3, -0.25) is 19.2 Å². The van der Waals surface area contributed by atoms with Crippen LogP contribution in [-0.4, -0.2) is 83.3 Å². The van der Waals surface area contributed by atoms with Crippen LogP contribution in [0.3, 0.4) is 0 Å². The average molecular weight is 696 g/mol. The third kappa shape index (κ3) is 8.87. The molecule has 0 spiro atoms. The molecule has 0 bridgehead atoms. The molecule has 51 heavy (non-hydrogen) atoms. The first-order chi connectivity index (χ1) is 24.8. The second kappa shape index (κ2) is 16.9. The number of carbonyl (C=O) groups is 4. The van der Waals surface area contributed by atoms with Crippen molar-refractivity contribution in [3.8, 4) is 22.8 Å². The molecule has 11 heteroatoms. The van der Waals surface area contributed by atoms with Gasteiger partial charge in [-0.05, 0) is 57.1 Å². The maximum absolute atomic E-state index is 14.6. The van der Waals surface area contributed by atoms with Crippen molar-refractivity contribution in [2.24, 2.45) is 11.7 Å².